The topological polar surface area (TPSA) is 35.5 Å². The van der Waals surface area contributed by atoms with E-state index < -0.39 is 7.60 Å². The molecule has 0 aliphatic carbocycles. The molecule has 0 amide bonds. The van der Waals surface area contributed by atoms with E-state index in [0.29, 0.717) is 0 Å². The summed E-state index contributed by atoms with van der Waals surface area (Å²) in [6.07, 6.45) is 1.43. The van der Waals surface area contributed by atoms with Gasteiger partial charge in [0.25, 0.3) is 0 Å². The summed E-state index contributed by atoms with van der Waals surface area (Å²) >= 11 is 0. The zero-order valence-electron chi connectivity index (χ0n) is 9.32. The lowest BCUT2D eigenvalue weighted by Gasteiger charge is -2.17. The molecule has 1 atom stereocenters. The molecule has 0 fully saturated rings. The van der Waals surface area contributed by atoms with Gasteiger partial charge in [-0.25, -0.2) is 0 Å². The van der Waals surface area contributed by atoms with Crippen LogP contribution in [0.2, 0.25) is 0 Å². The van der Waals surface area contributed by atoms with Crippen molar-refractivity contribution < 1.29 is 13.6 Å². The Kier molecular flexibility index (Phi) is 6.01. The Morgan fingerprint density at radius 1 is 1.50 bits per heavy atom. The van der Waals surface area contributed by atoms with E-state index >= 15 is 0 Å². The summed E-state index contributed by atoms with van der Waals surface area (Å²) in [7, 11) is -3.08. The number of hydrogen-bond donors (Lipinski definition) is 0. The molecule has 82 valence electrons. The molecular weight excluding hydrogens is 199 g/mol. The van der Waals surface area contributed by atoms with E-state index in [4.69, 9.17) is 9.05 Å². The first-order valence-electron chi connectivity index (χ1n) is 4.59. The SMILES string of the molecule is C=CCOP(=O)(C=C(C)C)OC(C)C. The van der Waals surface area contributed by atoms with Crippen LogP contribution in [0, 0.1) is 0 Å². The highest BCUT2D eigenvalue weighted by molar-refractivity contribution is 7.57. The lowest BCUT2D eigenvalue weighted by molar-refractivity contribution is 0.185. The highest BCUT2D eigenvalue weighted by Crippen LogP contribution is 2.51. The van der Waals surface area contributed by atoms with Crippen LogP contribution < -0.4 is 0 Å². The summed E-state index contributed by atoms with van der Waals surface area (Å²) in [5.41, 5.74) is 0.915. The normalized spacial score (nSPS) is 14.9. The van der Waals surface area contributed by atoms with E-state index in [1.54, 1.807) is 6.08 Å². The minimum absolute atomic E-state index is 0.124. The minimum Gasteiger partial charge on any atom is -0.303 e. The first kappa shape index (κ1) is 13.6. The fourth-order valence-corrected chi connectivity index (χ4v) is 2.59. The Morgan fingerprint density at radius 2 is 2.07 bits per heavy atom. The van der Waals surface area contributed by atoms with Crippen molar-refractivity contribution in [2.24, 2.45) is 0 Å². The van der Waals surface area contributed by atoms with Gasteiger partial charge in [0.15, 0.2) is 0 Å². The fourth-order valence-electron chi connectivity index (χ4n) is 0.865. The summed E-state index contributed by atoms with van der Waals surface area (Å²) in [5.74, 6) is 1.54. The average Bonchev–Trinajstić information content (AvgIpc) is 1.97. The zero-order valence-corrected chi connectivity index (χ0v) is 10.2. The Morgan fingerprint density at radius 3 is 2.43 bits per heavy atom. The van der Waals surface area contributed by atoms with Crippen molar-refractivity contribution in [2.45, 2.75) is 33.8 Å². The summed E-state index contributed by atoms with van der Waals surface area (Å²) in [6, 6.07) is 0. The lowest BCUT2D eigenvalue weighted by atomic mass is 10.4. The monoisotopic (exact) mass is 218 g/mol. The van der Waals surface area contributed by atoms with Crippen LogP contribution in [0.15, 0.2) is 24.0 Å². The number of hydrogen-bond acceptors (Lipinski definition) is 3. The molecule has 0 rings (SSSR count). The first-order valence-corrected chi connectivity index (χ1v) is 6.20. The van der Waals surface area contributed by atoms with Crippen LogP contribution in [0.5, 0.6) is 0 Å². The fraction of sp³-hybridized carbons (Fsp3) is 0.600. The molecule has 4 heteroatoms. The van der Waals surface area contributed by atoms with Gasteiger partial charge in [-0.1, -0.05) is 11.6 Å². The maximum absolute atomic E-state index is 12.0. The molecule has 0 N–H and O–H groups in total. The van der Waals surface area contributed by atoms with Gasteiger partial charge in [-0.2, -0.15) is 0 Å². The van der Waals surface area contributed by atoms with E-state index in [2.05, 4.69) is 6.58 Å². The van der Waals surface area contributed by atoms with Crippen molar-refractivity contribution >= 4 is 7.60 Å². The third-order valence-corrected chi connectivity index (χ3v) is 3.20. The van der Waals surface area contributed by atoms with Gasteiger partial charge in [-0.3, -0.25) is 4.57 Å². The molecule has 0 radical (unpaired) electrons. The smallest absolute Gasteiger partial charge is 0.303 e. The standard InChI is InChI=1S/C10H19O3P/c1-6-7-12-14(11,8-9(2)3)13-10(4)5/h6,8,10H,1,7H2,2-5H3. The Balaban J connectivity index is 4.58. The summed E-state index contributed by atoms with van der Waals surface area (Å²) in [4.78, 5) is 0. The molecule has 0 saturated carbocycles. The predicted octanol–water partition coefficient (Wildman–Crippen LogP) is 3.73. The van der Waals surface area contributed by atoms with Crippen molar-refractivity contribution in [2.75, 3.05) is 6.61 Å². The van der Waals surface area contributed by atoms with Gasteiger partial charge in [-0.15, -0.1) is 6.58 Å². The van der Waals surface area contributed by atoms with Crippen LogP contribution in [0.25, 0.3) is 0 Å². The molecule has 0 aromatic heterocycles. The molecule has 0 heterocycles. The second kappa shape index (κ2) is 6.18. The van der Waals surface area contributed by atoms with E-state index in [1.807, 2.05) is 27.7 Å². The molecule has 3 nitrogen and oxygen atoms in total. The van der Waals surface area contributed by atoms with Crippen LogP contribution in [-0.2, 0) is 13.6 Å². The predicted molar refractivity (Wildman–Crippen MR) is 59.4 cm³/mol. The molecule has 0 bridgehead atoms. The first-order chi connectivity index (χ1) is 6.39. The molecule has 0 aromatic rings. The van der Waals surface area contributed by atoms with E-state index in [1.165, 1.54) is 5.82 Å². The largest absolute Gasteiger partial charge is 0.354 e. The number of allylic oxidation sites excluding steroid dienone is 1. The van der Waals surface area contributed by atoms with Crippen LogP contribution >= 0.6 is 7.60 Å². The molecular formula is C10H19O3P. The van der Waals surface area contributed by atoms with Gasteiger partial charge in [0.05, 0.1) is 12.7 Å². The van der Waals surface area contributed by atoms with Crippen LogP contribution in [0.4, 0.5) is 0 Å². The quantitative estimate of drug-likeness (QED) is 0.503. The van der Waals surface area contributed by atoms with Crippen molar-refractivity contribution in [1.29, 1.82) is 0 Å². The van der Waals surface area contributed by atoms with Crippen molar-refractivity contribution in [3.05, 3.63) is 24.0 Å². The van der Waals surface area contributed by atoms with Gasteiger partial charge in [-0.05, 0) is 27.7 Å². The van der Waals surface area contributed by atoms with Crippen molar-refractivity contribution in [3.8, 4) is 0 Å². The highest BCUT2D eigenvalue weighted by atomic mass is 31.2. The van der Waals surface area contributed by atoms with Gasteiger partial charge in [0.2, 0.25) is 0 Å². The Bertz CT molecular complexity index is 252. The summed E-state index contributed by atoms with van der Waals surface area (Å²) in [5, 5.41) is 0. The molecule has 14 heavy (non-hydrogen) atoms. The molecule has 0 aliphatic rings. The van der Waals surface area contributed by atoms with E-state index in [0.717, 1.165) is 5.57 Å². The maximum atomic E-state index is 12.0. The second-order valence-corrected chi connectivity index (χ2v) is 5.29. The Labute approximate surface area is 86.3 Å². The van der Waals surface area contributed by atoms with Gasteiger partial charge in [0, 0.05) is 5.82 Å². The summed E-state index contributed by atoms with van der Waals surface area (Å²) in [6.45, 7) is 11.1. The van der Waals surface area contributed by atoms with Crippen LogP contribution in [0.1, 0.15) is 27.7 Å². The highest BCUT2D eigenvalue weighted by Gasteiger charge is 2.22. The third kappa shape index (κ3) is 6.14. The van der Waals surface area contributed by atoms with E-state index in [-0.39, 0.29) is 12.7 Å². The van der Waals surface area contributed by atoms with Crippen LogP contribution in [0.3, 0.4) is 0 Å². The van der Waals surface area contributed by atoms with Gasteiger partial charge in [0.1, 0.15) is 0 Å². The molecule has 0 aliphatic heterocycles. The van der Waals surface area contributed by atoms with Gasteiger partial charge >= 0.3 is 7.60 Å². The number of rotatable bonds is 6. The lowest BCUT2D eigenvalue weighted by Crippen LogP contribution is -2.02. The van der Waals surface area contributed by atoms with Crippen molar-refractivity contribution in [1.82, 2.24) is 0 Å². The zero-order chi connectivity index (χ0) is 11.2. The Hall–Kier alpha value is -0.370. The second-order valence-electron chi connectivity index (χ2n) is 3.48. The minimum atomic E-state index is -3.08. The molecule has 0 spiro atoms. The van der Waals surface area contributed by atoms with Crippen LogP contribution in [-0.4, -0.2) is 12.7 Å². The van der Waals surface area contributed by atoms with E-state index in [9.17, 15) is 4.57 Å². The molecule has 0 aromatic carbocycles. The van der Waals surface area contributed by atoms with Gasteiger partial charge < -0.3 is 9.05 Å². The third-order valence-electron chi connectivity index (χ3n) is 1.15. The maximum Gasteiger partial charge on any atom is 0.354 e. The molecule has 0 saturated heterocycles. The van der Waals surface area contributed by atoms with Crippen molar-refractivity contribution in [3.63, 3.8) is 0 Å². The molecule has 1 unspecified atom stereocenters. The average molecular weight is 218 g/mol. The summed E-state index contributed by atoms with van der Waals surface area (Å²) < 4.78 is 22.4.